The average molecular weight is 278 g/mol. The number of morpholine rings is 1. The summed E-state index contributed by atoms with van der Waals surface area (Å²) in [7, 11) is 1.75. The first-order valence-corrected chi connectivity index (χ1v) is 7.39. The first kappa shape index (κ1) is 15.4. The number of methoxy groups -OCH3 is 1. The molecular weight excluding hydrogens is 252 g/mol. The van der Waals surface area contributed by atoms with Crippen LogP contribution < -0.4 is 5.32 Å². The van der Waals surface area contributed by atoms with Crippen molar-refractivity contribution in [2.75, 3.05) is 46.6 Å². The Morgan fingerprint density at radius 2 is 1.95 bits per heavy atom. The van der Waals surface area contributed by atoms with E-state index in [1.54, 1.807) is 7.11 Å². The highest BCUT2D eigenvalue weighted by molar-refractivity contribution is 5.19. The molecule has 0 aromatic heterocycles. The summed E-state index contributed by atoms with van der Waals surface area (Å²) in [4.78, 5) is 2.45. The molecule has 0 spiro atoms. The minimum Gasteiger partial charge on any atom is -0.383 e. The SMILES string of the molecule is COCC(NC(C)CN1CCOCC1)c1ccccc1. The van der Waals surface area contributed by atoms with Crippen LogP contribution in [0.25, 0.3) is 0 Å². The van der Waals surface area contributed by atoms with E-state index in [0.29, 0.717) is 12.6 Å². The highest BCUT2D eigenvalue weighted by Crippen LogP contribution is 2.14. The van der Waals surface area contributed by atoms with E-state index in [4.69, 9.17) is 9.47 Å². The summed E-state index contributed by atoms with van der Waals surface area (Å²) in [6, 6.07) is 11.2. The summed E-state index contributed by atoms with van der Waals surface area (Å²) in [5, 5.41) is 3.67. The molecule has 4 nitrogen and oxygen atoms in total. The van der Waals surface area contributed by atoms with E-state index in [9.17, 15) is 0 Å². The smallest absolute Gasteiger partial charge is 0.0657 e. The second-order valence-corrected chi connectivity index (χ2v) is 5.40. The molecule has 4 heteroatoms. The van der Waals surface area contributed by atoms with Crippen LogP contribution in [0.4, 0.5) is 0 Å². The molecule has 1 aliphatic rings. The molecule has 20 heavy (non-hydrogen) atoms. The molecule has 2 atom stereocenters. The van der Waals surface area contributed by atoms with Gasteiger partial charge in [0.25, 0.3) is 0 Å². The van der Waals surface area contributed by atoms with Crippen molar-refractivity contribution in [3.63, 3.8) is 0 Å². The van der Waals surface area contributed by atoms with E-state index in [1.165, 1.54) is 5.56 Å². The van der Waals surface area contributed by atoms with Crippen LogP contribution in [0, 0.1) is 0 Å². The molecule has 0 saturated carbocycles. The summed E-state index contributed by atoms with van der Waals surface area (Å²) in [6.45, 7) is 7.76. The van der Waals surface area contributed by atoms with Crippen molar-refractivity contribution in [3.05, 3.63) is 35.9 Å². The second-order valence-electron chi connectivity index (χ2n) is 5.40. The fourth-order valence-electron chi connectivity index (χ4n) is 2.66. The Bertz CT molecular complexity index is 366. The molecule has 2 unspecified atom stereocenters. The number of rotatable bonds is 7. The molecule has 0 radical (unpaired) electrons. The topological polar surface area (TPSA) is 33.7 Å². The lowest BCUT2D eigenvalue weighted by Gasteiger charge is -2.31. The fourth-order valence-corrected chi connectivity index (χ4v) is 2.66. The van der Waals surface area contributed by atoms with Crippen LogP contribution in [0.2, 0.25) is 0 Å². The summed E-state index contributed by atoms with van der Waals surface area (Å²) in [5.74, 6) is 0. The second kappa shape index (κ2) is 8.37. The van der Waals surface area contributed by atoms with Gasteiger partial charge in [0.15, 0.2) is 0 Å². The Hall–Kier alpha value is -0.940. The average Bonchev–Trinajstić information content (AvgIpc) is 2.49. The van der Waals surface area contributed by atoms with E-state index in [0.717, 1.165) is 32.8 Å². The molecule has 0 aliphatic carbocycles. The van der Waals surface area contributed by atoms with Crippen molar-refractivity contribution < 1.29 is 9.47 Å². The molecule has 1 aliphatic heterocycles. The summed E-state index contributed by atoms with van der Waals surface area (Å²) in [6.07, 6.45) is 0. The Morgan fingerprint density at radius 3 is 2.60 bits per heavy atom. The zero-order valence-corrected chi connectivity index (χ0v) is 12.5. The Morgan fingerprint density at radius 1 is 1.25 bits per heavy atom. The van der Waals surface area contributed by atoms with Crippen molar-refractivity contribution in [2.45, 2.75) is 19.0 Å². The van der Waals surface area contributed by atoms with Crippen LogP contribution >= 0.6 is 0 Å². The molecule has 112 valence electrons. The molecule has 2 rings (SSSR count). The van der Waals surface area contributed by atoms with Crippen LogP contribution in [0.5, 0.6) is 0 Å². The van der Waals surface area contributed by atoms with Gasteiger partial charge in [-0.1, -0.05) is 30.3 Å². The van der Waals surface area contributed by atoms with E-state index in [-0.39, 0.29) is 6.04 Å². The van der Waals surface area contributed by atoms with Crippen molar-refractivity contribution in [2.24, 2.45) is 0 Å². The van der Waals surface area contributed by atoms with Crippen molar-refractivity contribution >= 4 is 0 Å². The molecule has 1 heterocycles. The van der Waals surface area contributed by atoms with Gasteiger partial charge < -0.3 is 14.8 Å². The van der Waals surface area contributed by atoms with Crippen molar-refractivity contribution in [1.29, 1.82) is 0 Å². The molecule has 1 fully saturated rings. The van der Waals surface area contributed by atoms with Crippen LogP contribution in [0.15, 0.2) is 30.3 Å². The van der Waals surface area contributed by atoms with Crippen molar-refractivity contribution in [1.82, 2.24) is 10.2 Å². The fraction of sp³-hybridized carbons (Fsp3) is 0.625. The van der Waals surface area contributed by atoms with Crippen LogP contribution in [0.3, 0.4) is 0 Å². The maximum Gasteiger partial charge on any atom is 0.0657 e. The third kappa shape index (κ3) is 4.87. The molecule has 0 bridgehead atoms. The van der Waals surface area contributed by atoms with Gasteiger partial charge in [-0.2, -0.15) is 0 Å². The predicted octanol–water partition coefficient (Wildman–Crippen LogP) is 1.68. The first-order valence-electron chi connectivity index (χ1n) is 7.39. The number of ether oxygens (including phenoxy) is 2. The molecule has 1 aromatic rings. The summed E-state index contributed by atoms with van der Waals surface area (Å²) < 4.78 is 10.7. The molecule has 1 saturated heterocycles. The number of benzene rings is 1. The lowest BCUT2D eigenvalue weighted by Crippen LogP contribution is -2.45. The quantitative estimate of drug-likeness (QED) is 0.823. The Balaban J connectivity index is 1.87. The van der Waals surface area contributed by atoms with Gasteiger partial charge in [0.1, 0.15) is 0 Å². The number of nitrogens with zero attached hydrogens (tertiary/aromatic N) is 1. The lowest BCUT2D eigenvalue weighted by atomic mass is 10.1. The van der Waals surface area contributed by atoms with E-state index < -0.39 is 0 Å². The number of nitrogens with one attached hydrogen (secondary N) is 1. The largest absolute Gasteiger partial charge is 0.383 e. The highest BCUT2D eigenvalue weighted by Gasteiger charge is 2.17. The van der Waals surface area contributed by atoms with Gasteiger partial charge in [0.05, 0.1) is 25.9 Å². The Labute approximate surface area is 122 Å². The van der Waals surface area contributed by atoms with Gasteiger partial charge in [0.2, 0.25) is 0 Å². The number of hydrogen-bond donors (Lipinski definition) is 1. The third-order valence-corrected chi connectivity index (χ3v) is 3.66. The van der Waals surface area contributed by atoms with Gasteiger partial charge in [-0.05, 0) is 12.5 Å². The van der Waals surface area contributed by atoms with E-state index in [2.05, 4.69) is 41.4 Å². The molecule has 1 N–H and O–H groups in total. The van der Waals surface area contributed by atoms with E-state index >= 15 is 0 Å². The van der Waals surface area contributed by atoms with Crippen LogP contribution in [-0.2, 0) is 9.47 Å². The van der Waals surface area contributed by atoms with Crippen LogP contribution in [-0.4, -0.2) is 57.5 Å². The maximum absolute atomic E-state index is 5.39. The van der Waals surface area contributed by atoms with Gasteiger partial charge in [-0.3, -0.25) is 4.90 Å². The van der Waals surface area contributed by atoms with Gasteiger partial charge in [-0.25, -0.2) is 0 Å². The minimum atomic E-state index is 0.247. The molecular formula is C16H26N2O2. The predicted molar refractivity (Wildman–Crippen MR) is 80.9 cm³/mol. The number of hydrogen-bond acceptors (Lipinski definition) is 4. The summed E-state index contributed by atoms with van der Waals surface area (Å²) >= 11 is 0. The molecule has 0 amide bonds. The van der Waals surface area contributed by atoms with Gasteiger partial charge in [0, 0.05) is 32.8 Å². The lowest BCUT2D eigenvalue weighted by molar-refractivity contribution is 0.0330. The van der Waals surface area contributed by atoms with Gasteiger partial charge in [-0.15, -0.1) is 0 Å². The van der Waals surface area contributed by atoms with Gasteiger partial charge >= 0.3 is 0 Å². The van der Waals surface area contributed by atoms with Crippen molar-refractivity contribution in [3.8, 4) is 0 Å². The van der Waals surface area contributed by atoms with Crippen LogP contribution in [0.1, 0.15) is 18.5 Å². The normalized spacial score (nSPS) is 19.7. The third-order valence-electron chi connectivity index (χ3n) is 3.66. The molecule has 1 aromatic carbocycles. The zero-order valence-electron chi connectivity index (χ0n) is 12.5. The summed E-state index contributed by atoms with van der Waals surface area (Å²) in [5.41, 5.74) is 1.28. The van der Waals surface area contributed by atoms with E-state index in [1.807, 2.05) is 6.07 Å². The zero-order chi connectivity index (χ0) is 14.2. The Kier molecular flexibility index (Phi) is 6.47. The standard InChI is InChI=1S/C16H26N2O2/c1-14(12-18-8-10-20-11-9-18)17-16(13-19-2)15-6-4-3-5-7-15/h3-7,14,16-17H,8-13H2,1-2H3. The minimum absolute atomic E-state index is 0.247. The highest BCUT2D eigenvalue weighted by atomic mass is 16.5. The monoisotopic (exact) mass is 278 g/mol. The first-order chi connectivity index (χ1) is 9.79. The maximum atomic E-state index is 5.39.